The van der Waals surface area contributed by atoms with Crippen molar-refractivity contribution in [2.75, 3.05) is 38.2 Å². The average molecular weight is 468 g/mol. The van der Waals surface area contributed by atoms with E-state index in [4.69, 9.17) is 4.74 Å². The molecular weight excluding hydrogens is 441 g/mol. The normalized spacial score (nSPS) is 15.8. The number of anilines is 1. The second-order valence-electron chi connectivity index (χ2n) is 8.04. The molecule has 0 unspecified atom stereocenters. The zero-order chi connectivity index (χ0) is 22.9. The number of fused-ring (bicyclic) bond motifs is 1. The second kappa shape index (κ2) is 8.99. The van der Waals surface area contributed by atoms with Crippen molar-refractivity contribution in [2.24, 2.45) is 0 Å². The maximum Gasteiger partial charge on any atom is 0.230 e. The summed E-state index contributed by atoms with van der Waals surface area (Å²) in [6.45, 7) is 5.19. The van der Waals surface area contributed by atoms with E-state index in [1.54, 1.807) is 11.6 Å². The van der Waals surface area contributed by atoms with Crippen LogP contribution in [0.15, 0.2) is 48.5 Å². The van der Waals surface area contributed by atoms with E-state index < -0.39 is 0 Å². The first-order valence-corrected chi connectivity index (χ1v) is 11.8. The highest BCUT2D eigenvalue weighted by molar-refractivity contribution is 7.17. The Bertz CT molecular complexity index is 1230. The van der Waals surface area contributed by atoms with E-state index in [1.807, 2.05) is 43.3 Å². The largest absolute Gasteiger partial charge is 0.497 e. The zero-order valence-corrected chi connectivity index (χ0v) is 19.4. The first-order valence-electron chi connectivity index (χ1n) is 11.0. The van der Waals surface area contributed by atoms with Crippen LogP contribution in [0.5, 0.6) is 11.6 Å². The number of benzene rings is 2. The minimum Gasteiger partial charge on any atom is -0.497 e. The van der Waals surface area contributed by atoms with Crippen molar-refractivity contribution in [1.82, 2.24) is 19.5 Å². The standard InChI is InChI=1S/C24H26FN5O2S/c1-3-20-26-24-30(27-20)23(31)22(33-24)21(16-4-10-19(32-2)11-5-16)29-14-12-28(13-15-29)18-8-6-17(25)7-9-18/h4-11,21,31H,3,12-15H2,1-2H3/t21-/m1/s1. The van der Waals surface area contributed by atoms with Crippen molar-refractivity contribution in [3.8, 4) is 11.6 Å². The van der Waals surface area contributed by atoms with Crippen molar-refractivity contribution in [3.63, 3.8) is 0 Å². The third-order valence-corrected chi connectivity index (χ3v) is 7.18. The molecule has 0 amide bonds. The lowest BCUT2D eigenvalue weighted by Gasteiger charge is -2.40. The maximum atomic E-state index is 13.3. The Balaban J connectivity index is 1.46. The Hall–Kier alpha value is -3.17. The summed E-state index contributed by atoms with van der Waals surface area (Å²) in [5.41, 5.74) is 2.09. The smallest absolute Gasteiger partial charge is 0.230 e. The Morgan fingerprint density at radius 1 is 1.06 bits per heavy atom. The van der Waals surface area contributed by atoms with E-state index in [9.17, 15) is 9.50 Å². The van der Waals surface area contributed by atoms with Crippen LogP contribution >= 0.6 is 11.3 Å². The van der Waals surface area contributed by atoms with Crippen LogP contribution in [0.3, 0.4) is 0 Å². The molecule has 0 spiro atoms. The summed E-state index contributed by atoms with van der Waals surface area (Å²) >= 11 is 1.48. The fourth-order valence-corrected chi connectivity index (χ4v) is 5.46. The number of methoxy groups -OCH3 is 1. The van der Waals surface area contributed by atoms with Gasteiger partial charge < -0.3 is 14.7 Å². The van der Waals surface area contributed by atoms with Gasteiger partial charge in [0, 0.05) is 38.3 Å². The number of ether oxygens (including phenoxy) is 1. The molecule has 2 aromatic heterocycles. The maximum absolute atomic E-state index is 13.3. The predicted molar refractivity (Wildman–Crippen MR) is 127 cm³/mol. The van der Waals surface area contributed by atoms with Gasteiger partial charge in [0.2, 0.25) is 10.8 Å². The van der Waals surface area contributed by atoms with Crippen molar-refractivity contribution in [2.45, 2.75) is 19.4 Å². The number of rotatable bonds is 6. The van der Waals surface area contributed by atoms with Gasteiger partial charge >= 0.3 is 0 Å². The van der Waals surface area contributed by atoms with Gasteiger partial charge in [-0.15, -0.1) is 5.10 Å². The lowest BCUT2D eigenvalue weighted by atomic mass is 10.0. The molecule has 0 aliphatic carbocycles. The molecule has 33 heavy (non-hydrogen) atoms. The van der Waals surface area contributed by atoms with Gasteiger partial charge in [-0.25, -0.2) is 9.37 Å². The Morgan fingerprint density at radius 3 is 2.36 bits per heavy atom. The highest BCUT2D eigenvalue weighted by Gasteiger charge is 2.32. The Labute approximate surface area is 195 Å². The molecular formula is C24H26FN5O2S. The second-order valence-corrected chi connectivity index (χ2v) is 9.05. The summed E-state index contributed by atoms with van der Waals surface area (Å²) in [7, 11) is 1.65. The number of aryl methyl sites for hydroxylation is 1. The summed E-state index contributed by atoms with van der Waals surface area (Å²) in [5, 5.41) is 15.5. The van der Waals surface area contributed by atoms with E-state index in [-0.39, 0.29) is 17.7 Å². The fraction of sp³-hybridized carbons (Fsp3) is 0.333. The molecule has 172 valence electrons. The van der Waals surface area contributed by atoms with Gasteiger partial charge in [0.1, 0.15) is 11.6 Å². The van der Waals surface area contributed by atoms with Crippen molar-refractivity contribution in [1.29, 1.82) is 0 Å². The first-order chi connectivity index (χ1) is 16.1. The van der Waals surface area contributed by atoms with E-state index in [0.29, 0.717) is 4.96 Å². The van der Waals surface area contributed by atoms with Gasteiger partial charge in [0.05, 0.1) is 18.0 Å². The summed E-state index contributed by atoms with van der Waals surface area (Å²) in [6.07, 6.45) is 0.719. The van der Waals surface area contributed by atoms with Crippen LogP contribution in [-0.2, 0) is 6.42 Å². The first kappa shape index (κ1) is 21.7. The average Bonchev–Trinajstić information content (AvgIpc) is 3.40. The van der Waals surface area contributed by atoms with E-state index in [1.165, 1.54) is 23.5 Å². The molecule has 1 saturated heterocycles. The Morgan fingerprint density at radius 2 is 1.76 bits per heavy atom. The molecule has 0 bridgehead atoms. The number of nitrogens with zero attached hydrogens (tertiary/aromatic N) is 5. The molecule has 3 heterocycles. The molecule has 1 aliphatic heterocycles. The van der Waals surface area contributed by atoms with Gasteiger partial charge in [-0.1, -0.05) is 30.4 Å². The third kappa shape index (κ3) is 4.14. The van der Waals surface area contributed by atoms with Crippen LogP contribution in [-0.4, -0.2) is 57.9 Å². The topological polar surface area (TPSA) is 66.1 Å². The van der Waals surface area contributed by atoms with E-state index in [2.05, 4.69) is 19.9 Å². The minimum absolute atomic E-state index is 0.134. The van der Waals surface area contributed by atoms with Crippen LogP contribution < -0.4 is 9.64 Å². The number of halogens is 1. The lowest BCUT2D eigenvalue weighted by Crippen LogP contribution is -2.47. The molecule has 0 saturated carbocycles. The van der Waals surface area contributed by atoms with Crippen molar-refractivity contribution < 1.29 is 14.2 Å². The molecule has 1 atom stereocenters. The zero-order valence-electron chi connectivity index (χ0n) is 18.6. The molecule has 2 aromatic carbocycles. The third-order valence-electron chi connectivity index (χ3n) is 6.11. The number of piperazine rings is 1. The molecule has 5 rings (SSSR count). The monoisotopic (exact) mass is 467 g/mol. The fourth-order valence-electron chi connectivity index (χ4n) is 4.32. The van der Waals surface area contributed by atoms with Gasteiger partial charge in [0.25, 0.3) is 0 Å². The number of hydrogen-bond donors (Lipinski definition) is 1. The molecule has 7 nitrogen and oxygen atoms in total. The van der Waals surface area contributed by atoms with Gasteiger partial charge in [0.15, 0.2) is 5.82 Å². The highest BCUT2D eigenvalue weighted by atomic mass is 32.1. The number of aromatic hydroxyl groups is 1. The number of aromatic nitrogens is 3. The van der Waals surface area contributed by atoms with Gasteiger partial charge in [-0.05, 0) is 42.0 Å². The minimum atomic E-state index is -0.227. The molecule has 1 aliphatic rings. The molecule has 1 fully saturated rings. The van der Waals surface area contributed by atoms with Crippen LogP contribution in [0, 0.1) is 5.82 Å². The van der Waals surface area contributed by atoms with Crippen molar-refractivity contribution >= 4 is 22.0 Å². The SMILES string of the molecule is CCc1nc2sc([C@@H](c3ccc(OC)cc3)N3CCN(c4ccc(F)cc4)CC3)c(O)n2n1. The van der Waals surface area contributed by atoms with Gasteiger partial charge in [-0.3, -0.25) is 4.90 Å². The molecule has 0 radical (unpaired) electrons. The van der Waals surface area contributed by atoms with Crippen LogP contribution in [0.1, 0.15) is 29.2 Å². The lowest BCUT2D eigenvalue weighted by molar-refractivity contribution is 0.211. The number of hydrogen-bond acceptors (Lipinski definition) is 7. The van der Waals surface area contributed by atoms with Crippen LogP contribution in [0.2, 0.25) is 0 Å². The highest BCUT2D eigenvalue weighted by Crippen LogP contribution is 2.40. The molecule has 4 aromatic rings. The van der Waals surface area contributed by atoms with E-state index in [0.717, 1.165) is 60.3 Å². The molecule has 1 N–H and O–H groups in total. The summed E-state index contributed by atoms with van der Waals surface area (Å²) in [6, 6.07) is 14.5. The summed E-state index contributed by atoms with van der Waals surface area (Å²) in [4.78, 5) is 10.7. The van der Waals surface area contributed by atoms with Crippen LogP contribution in [0.4, 0.5) is 10.1 Å². The van der Waals surface area contributed by atoms with Gasteiger partial charge in [-0.2, -0.15) is 4.52 Å². The Kier molecular flexibility index (Phi) is 5.90. The van der Waals surface area contributed by atoms with Crippen molar-refractivity contribution in [3.05, 3.63) is 70.6 Å². The predicted octanol–water partition coefficient (Wildman–Crippen LogP) is 4.12. The quantitative estimate of drug-likeness (QED) is 0.460. The van der Waals surface area contributed by atoms with Crippen LogP contribution in [0.25, 0.3) is 4.96 Å². The molecule has 9 heteroatoms. The van der Waals surface area contributed by atoms with E-state index >= 15 is 0 Å². The summed E-state index contributed by atoms with van der Waals surface area (Å²) in [5.74, 6) is 1.43. The number of thiazole rings is 1. The summed E-state index contributed by atoms with van der Waals surface area (Å²) < 4.78 is 20.2.